The standard InChI is InChI=1S/C29H21FN2O3/c30-24-17-8-7-16-23(24)26-25-27(35-32(26)21-13-5-2-6-14-21)29(34)31(28(25)33)22-15-9-12-20(18-22)19-10-3-1-4-11-19/h1-18,25-27H/t25-,26-,27+/m1/s1. The maximum absolute atomic E-state index is 15.0. The van der Waals surface area contributed by atoms with Crippen LogP contribution in [0.5, 0.6) is 0 Å². The van der Waals surface area contributed by atoms with Gasteiger partial charge in [-0.25, -0.2) is 14.4 Å². The van der Waals surface area contributed by atoms with Crippen molar-refractivity contribution in [3.63, 3.8) is 0 Å². The van der Waals surface area contributed by atoms with Gasteiger partial charge in [0.1, 0.15) is 11.7 Å². The number of halogens is 1. The Morgan fingerprint density at radius 2 is 1.29 bits per heavy atom. The van der Waals surface area contributed by atoms with Gasteiger partial charge in [-0.1, -0.05) is 78.9 Å². The molecule has 172 valence electrons. The molecule has 0 bridgehead atoms. The average molecular weight is 464 g/mol. The molecule has 4 aromatic rings. The Kier molecular flexibility index (Phi) is 5.16. The number of fused-ring (bicyclic) bond motifs is 1. The summed E-state index contributed by atoms with van der Waals surface area (Å²) >= 11 is 0. The minimum absolute atomic E-state index is 0.310. The van der Waals surface area contributed by atoms with E-state index in [-0.39, 0.29) is 0 Å². The first-order valence-corrected chi connectivity index (χ1v) is 11.4. The van der Waals surface area contributed by atoms with Gasteiger partial charge in [-0.3, -0.25) is 14.4 Å². The number of anilines is 2. The van der Waals surface area contributed by atoms with Gasteiger partial charge in [-0.15, -0.1) is 0 Å². The van der Waals surface area contributed by atoms with Crippen molar-refractivity contribution in [1.29, 1.82) is 0 Å². The van der Waals surface area contributed by atoms with Gasteiger partial charge < -0.3 is 0 Å². The highest BCUT2D eigenvalue weighted by molar-refractivity contribution is 6.24. The highest BCUT2D eigenvalue weighted by atomic mass is 19.1. The molecule has 0 radical (unpaired) electrons. The van der Waals surface area contributed by atoms with Crippen LogP contribution in [0.3, 0.4) is 0 Å². The summed E-state index contributed by atoms with van der Waals surface area (Å²) in [6, 6.07) is 31.7. The maximum Gasteiger partial charge on any atom is 0.266 e. The van der Waals surface area contributed by atoms with Crippen molar-refractivity contribution in [3.05, 3.63) is 121 Å². The molecule has 3 atom stereocenters. The number of amides is 2. The third kappa shape index (κ3) is 3.50. The Hall–Kier alpha value is -4.29. The van der Waals surface area contributed by atoms with Crippen LogP contribution in [0.25, 0.3) is 11.1 Å². The van der Waals surface area contributed by atoms with E-state index in [0.717, 1.165) is 11.1 Å². The van der Waals surface area contributed by atoms with E-state index in [1.54, 1.807) is 24.3 Å². The molecule has 0 N–H and O–H groups in total. The van der Waals surface area contributed by atoms with Gasteiger partial charge in [0.05, 0.1) is 17.4 Å². The molecule has 2 aliphatic heterocycles. The monoisotopic (exact) mass is 464 g/mol. The lowest BCUT2D eigenvalue weighted by atomic mass is 9.90. The molecule has 35 heavy (non-hydrogen) atoms. The zero-order valence-electron chi connectivity index (χ0n) is 18.6. The van der Waals surface area contributed by atoms with E-state index in [0.29, 0.717) is 16.9 Å². The zero-order chi connectivity index (χ0) is 23.9. The first-order valence-electron chi connectivity index (χ1n) is 11.4. The molecule has 0 spiro atoms. The van der Waals surface area contributed by atoms with Gasteiger partial charge in [0.15, 0.2) is 6.10 Å². The average Bonchev–Trinajstić information content (AvgIpc) is 3.41. The predicted octanol–water partition coefficient (Wildman–Crippen LogP) is 5.54. The number of para-hydroxylation sites is 1. The Balaban J connectivity index is 1.41. The number of imide groups is 1. The number of hydrogen-bond donors (Lipinski definition) is 0. The molecule has 0 aliphatic carbocycles. The lowest BCUT2D eigenvalue weighted by molar-refractivity contribution is -0.126. The third-order valence-corrected chi connectivity index (χ3v) is 6.56. The highest BCUT2D eigenvalue weighted by Gasteiger charge is 2.60. The van der Waals surface area contributed by atoms with Crippen molar-refractivity contribution in [3.8, 4) is 11.1 Å². The van der Waals surface area contributed by atoms with Crippen LogP contribution >= 0.6 is 0 Å². The van der Waals surface area contributed by atoms with Crippen LogP contribution in [0.4, 0.5) is 15.8 Å². The Morgan fingerprint density at radius 3 is 2.03 bits per heavy atom. The Labute approximate surface area is 201 Å². The lowest BCUT2D eigenvalue weighted by Crippen LogP contribution is -2.37. The van der Waals surface area contributed by atoms with E-state index >= 15 is 0 Å². The maximum atomic E-state index is 15.0. The number of rotatable bonds is 4. The van der Waals surface area contributed by atoms with E-state index in [9.17, 15) is 14.0 Å². The summed E-state index contributed by atoms with van der Waals surface area (Å²) in [4.78, 5) is 34.6. The summed E-state index contributed by atoms with van der Waals surface area (Å²) < 4.78 is 15.0. The van der Waals surface area contributed by atoms with Crippen molar-refractivity contribution in [2.24, 2.45) is 5.92 Å². The fourth-order valence-electron chi connectivity index (χ4n) is 4.95. The second-order valence-electron chi connectivity index (χ2n) is 8.61. The van der Waals surface area contributed by atoms with Crippen molar-refractivity contribution >= 4 is 23.2 Å². The number of benzene rings is 4. The van der Waals surface area contributed by atoms with Crippen LogP contribution in [0.2, 0.25) is 0 Å². The van der Waals surface area contributed by atoms with E-state index in [2.05, 4.69) is 0 Å². The molecule has 2 saturated heterocycles. The summed E-state index contributed by atoms with van der Waals surface area (Å²) in [5.74, 6) is -2.20. The minimum atomic E-state index is -1.05. The van der Waals surface area contributed by atoms with E-state index < -0.39 is 35.7 Å². The molecule has 6 rings (SSSR count). The third-order valence-electron chi connectivity index (χ3n) is 6.56. The van der Waals surface area contributed by atoms with Crippen LogP contribution in [0, 0.1) is 11.7 Å². The molecular formula is C29H21FN2O3. The quantitative estimate of drug-likeness (QED) is 0.372. The first kappa shape index (κ1) is 21.3. The number of nitrogens with zero attached hydrogens (tertiary/aromatic N) is 2. The second kappa shape index (κ2) is 8.49. The van der Waals surface area contributed by atoms with Gasteiger partial charge in [0.2, 0.25) is 5.91 Å². The largest absolute Gasteiger partial charge is 0.273 e. The summed E-state index contributed by atoms with van der Waals surface area (Å²) in [6.07, 6.45) is -1.05. The Morgan fingerprint density at radius 1 is 0.657 bits per heavy atom. The molecule has 2 aliphatic rings. The zero-order valence-corrected chi connectivity index (χ0v) is 18.6. The van der Waals surface area contributed by atoms with E-state index in [1.165, 1.54) is 16.0 Å². The number of carbonyl (C=O) groups excluding carboxylic acids is 2. The topological polar surface area (TPSA) is 49.9 Å². The van der Waals surface area contributed by atoms with Crippen molar-refractivity contribution < 1.29 is 18.8 Å². The fraction of sp³-hybridized carbons (Fsp3) is 0.103. The lowest BCUT2D eigenvalue weighted by Gasteiger charge is -2.29. The Bertz CT molecular complexity index is 1410. The van der Waals surface area contributed by atoms with Crippen LogP contribution in [-0.2, 0) is 14.4 Å². The molecule has 2 heterocycles. The highest BCUT2D eigenvalue weighted by Crippen LogP contribution is 2.48. The van der Waals surface area contributed by atoms with Crippen molar-refractivity contribution in [1.82, 2.24) is 0 Å². The van der Waals surface area contributed by atoms with Gasteiger partial charge in [-0.05, 0) is 41.5 Å². The number of hydrogen-bond acceptors (Lipinski definition) is 4. The molecule has 0 aromatic heterocycles. The summed E-state index contributed by atoms with van der Waals surface area (Å²) in [6.45, 7) is 0. The smallest absolute Gasteiger partial charge is 0.266 e. The van der Waals surface area contributed by atoms with Crippen LogP contribution < -0.4 is 9.96 Å². The normalized spacial score (nSPS) is 21.5. The van der Waals surface area contributed by atoms with Crippen LogP contribution in [0.15, 0.2) is 109 Å². The molecule has 4 aromatic carbocycles. The molecule has 2 fully saturated rings. The number of hydroxylamine groups is 1. The molecule has 2 amide bonds. The van der Waals surface area contributed by atoms with Crippen molar-refractivity contribution in [2.45, 2.75) is 12.1 Å². The van der Waals surface area contributed by atoms with Gasteiger partial charge >= 0.3 is 0 Å². The minimum Gasteiger partial charge on any atom is -0.273 e. The van der Waals surface area contributed by atoms with Gasteiger partial charge in [-0.2, -0.15) is 0 Å². The van der Waals surface area contributed by atoms with Gasteiger partial charge in [0.25, 0.3) is 5.91 Å². The SMILES string of the molecule is O=C1[C@H]2[C@H](ON(c3ccccc3)[C@@H]2c2ccccc2F)C(=O)N1c1cccc(-c2ccccc2)c1. The van der Waals surface area contributed by atoms with Gasteiger partial charge in [0, 0.05) is 5.56 Å². The molecule has 6 heteroatoms. The second-order valence-corrected chi connectivity index (χ2v) is 8.61. The predicted molar refractivity (Wildman–Crippen MR) is 131 cm³/mol. The van der Waals surface area contributed by atoms with Crippen LogP contribution in [0.1, 0.15) is 11.6 Å². The van der Waals surface area contributed by atoms with Crippen LogP contribution in [-0.4, -0.2) is 17.9 Å². The molecule has 0 saturated carbocycles. The molecule has 0 unspecified atom stereocenters. The van der Waals surface area contributed by atoms with Crippen molar-refractivity contribution in [2.75, 3.05) is 9.96 Å². The molecular weight excluding hydrogens is 443 g/mol. The van der Waals surface area contributed by atoms with E-state index in [1.807, 2.05) is 78.9 Å². The summed E-state index contributed by atoms with van der Waals surface area (Å²) in [5.41, 5.74) is 3.29. The summed E-state index contributed by atoms with van der Waals surface area (Å²) in [5, 5.41) is 1.50. The number of carbonyl (C=O) groups is 2. The first-order chi connectivity index (χ1) is 17.1. The molecule has 5 nitrogen and oxygen atoms in total. The summed E-state index contributed by atoms with van der Waals surface area (Å²) in [7, 11) is 0. The fourth-order valence-corrected chi connectivity index (χ4v) is 4.95. The van der Waals surface area contributed by atoms with E-state index in [4.69, 9.17) is 4.84 Å².